The Morgan fingerprint density at radius 3 is 2.90 bits per heavy atom. The van der Waals surface area contributed by atoms with Gasteiger partial charge >= 0.3 is 6.03 Å². The summed E-state index contributed by atoms with van der Waals surface area (Å²) in [6.07, 6.45) is 0.952. The SMILES string of the molecule is C=C1CCN(C(=O)NC)C1. The highest BCUT2D eigenvalue weighted by molar-refractivity contribution is 5.74. The van der Waals surface area contributed by atoms with Gasteiger partial charge < -0.3 is 10.2 Å². The van der Waals surface area contributed by atoms with E-state index in [9.17, 15) is 4.79 Å². The van der Waals surface area contributed by atoms with Crippen LogP contribution in [0.2, 0.25) is 0 Å². The maximum atomic E-state index is 10.9. The molecular weight excluding hydrogens is 128 g/mol. The summed E-state index contributed by atoms with van der Waals surface area (Å²) < 4.78 is 0. The van der Waals surface area contributed by atoms with Crippen LogP contribution in [0.4, 0.5) is 4.79 Å². The first-order valence-corrected chi connectivity index (χ1v) is 3.37. The van der Waals surface area contributed by atoms with E-state index in [0.29, 0.717) is 0 Å². The first-order valence-electron chi connectivity index (χ1n) is 3.37. The van der Waals surface area contributed by atoms with Crippen LogP contribution in [0.3, 0.4) is 0 Å². The number of urea groups is 1. The Balaban J connectivity index is 2.44. The number of amides is 2. The Kier molecular flexibility index (Phi) is 1.94. The van der Waals surface area contributed by atoms with Crippen LogP contribution in [0.1, 0.15) is 6.42 Å². The Morgan fingerprint density at radius 1 is 1.80 bits per heavy atom. The molecule has 1 heterocycles. The maximum absolute atomic E-state index is 10.9. The molecule has 3 nitrogen and oxygen atoms in total. The zero-order valence-electron chi connectivity index (χ0n) is 6.18. The predicted octanol–water partition coefficient (Wildman–Crippen LogP) is 0.588. The molecule has 1 rings (SSSR count). The van der Waals surface area contributed by atoms with E-state index in [4.69, 9.17) is 0 Å². The minimum atomic E-state index is -0.00125. The van der Waals surface area contributed by atoms with Gasteiger partial charge in [0.2, 0.25) is 0 Å². The lowest BCUT2D eigenvalue weighted by Gasteiger charge is -2.12. The van der Waals surface area contributed by atoms with Gasteiger partial charge in [0.25, 0.3) is 0 Å². The number of carbonyl (C=O) groups excluding carboxylic acids is 1. The van der Waals surface area contributed by atoms with Gasteiger partial charge in [-0.15, -0.1) is 0 Å². The molecule has 1 aliphatic rings. The molecule has 3 heteroatoms. The summed E-state index contributed by atoms with van der Waals surface area (Å²) in [4.78, 5) is 12.7. The van der Waals surface area contributed by atoms with Crippen molar-refractivity contribution >= 4 is 6.03 Å². The van der Waals surface area contributed by atoms with Gasteiger partial charge in [0.15, 0.2) is 0 Å². The molecule has 0 saturated carbocycles. The van der Waals surface area contributed by atoms with Gasteiger partial charge in [-0.25, -0.2) is 4.79 Å². The van der Waals surface area contributed by atoms with Gasteiger partial charge in [-0.05, 0) is 6.42 Å². The van der Waals surface area contributed by atoms with E-state index in [-0.39, 0.29) is 6.03 Å². The fourth-order valence-electron chi connectivity index (χ4n) is 1.05. The molecule has 0 aromatic carbocycles. The second-order valence-electron chi connectivity index (χ2n) is 2.48. The highest BCUT2D eigenvalue weighted by Gasteiger charge is 2.18. The zero-order chi connectivity index (χ0) is 7.56. The third-order valence-corrected chi connectivity index (χ3v) is 1.65. The summed E-state index contributed by atoms with van der Waals surface area (Å²) in [5, 5.41) is 2.57. The number of hydrogen-bond donors (Lipinski definition) is 1. The molecule has 0 atom stereocenters. The van der Waals surface area contributed by atoms with E-state index in [1.54, 1.807) is 11.9 Å². The average molecular weight is 140 g/mol. The second-order valence-corrected chi connectivity index (χ2v) is 2.48. The molecule has 0 radical (unpaired) electrons. The lowest BCUT2D eigenvalue weighted by molar-refractivity contribution is 0.212. The summed E-state index contributed by atoms with van der Waals surface area (Å²) in [6.45, 7) is 5.34. The summed E-state index contributed by atoms with van der Waals surface area (Å²) in [5.74, 6) is 0. The van der Waals surface area contributed by atoms with Gasteiger partial charge in [-0.2, -0.15) is 0 Å². The van der Waals surface area contributed by atoms with Gasteiger partial charge in [0.05, 0.1) is 0 Å². The largest absolute Gasteiger partial charge is 0.341 e. The van der Waals surface area contributed by atoms with Crippen molar-refractivity contribution in [2.24, 2.45) is 0 Å². The number of nitrogens with zero attached hydrogens (tertiary/aromatic N) is 1. The molecule has 1 aliphatic heterocycles. The highest BCUT2D eigenvalue weighted by Crippen LogP contribution is 2.11. The second kappa shape index (κ2) is 2.73. The molecule has 1 fully saturated rings. The molecule has 0 aromatic rings. The third kappa shape index (κ3) is 1.29. The van der Waals surface area contributed by atoms with E-state index in [0.717, 1.165) is 25.1 Å². The van der Waals surface area contributed by atoms with E-state index in [2.05, 4.69) is 11.9 Å². The minimum absolute atomic E-state index is 0.00125. The standard InChI is InChI=1S/C7H12N2O/c1-6-3-4-9(5-6)7(10)8-2/h1,3-5H2,2H3,(H,8,10). The van der Waals surface area contributed by atoms with Crippen LogP contribution in [-0.4, -0.2) is 31.1 Å². The van der Waals surface area contributed by atoms with Crippen LogP contribution in [0.15, 0.2) is 12.2 Å². The monoisotopic (exact) mass is 140 g/mol. The Morgan fingerprint density at radius 2 is 2.50 bits per heavy atom. The lowest BCUT2D eigenvalue weighted by Crippen LogP contribution is -2.35. The molecule has 1 saturated heterocycles. The molecule has 1 N–H and O–H groups in total. The van der Waals surface area contributed by atoms with E-state index in [1.165, 1.54) is 0 Å². The summed E-state index contributed by atoms with van der Waals surface area (Å²) >= 11 is 0. The Hall–Kier alpha value is -0.990. The summed E-state index contributed by atoms with van der Waals surface area (Å²) in [5.41, 5.74) is 1.14. The fourth-order valence-corrected chi connectivity index (χ4v) is 1.05. The van der Waals surface area contributed by atoms with Gasteiger partial charge in [-0.3, -0.25) is 0 Å². The quantitative estimate of drug-likeness (QED) is 0.491. The normalized spacial score (nSPS) is 17.7. The smallest absolute Gasteiger partial charge is 0.317 e. The van der Waals surface area contributed by atoms with E-state index >= 15 is 0 Å². The summed E-state index contributed by atoms with van der Waals surface area (Å²) in [6, 6.07) is -0.00125. The summed E-state index contributed by atoms with van der Waals surface area (Å²) in [7, 11) is 1.64. The van der Waals surface area contributed by atoms with E-state index < -0.39 is 0 Å². The van der Waals surface area contributed by atoms with Crippen molar-refractivity contribution < 1.29 is 4.79 Å². The van der Waals surface area contributed by atoms with Crippen LogP contribution in [0, 0.1) is 0 Å². The van der Waals surface area contributed by atoms with Crippen LogP contribution in [-0.2, 0) is 0 Å². The number of rotatable bonds is 0. The van der Waals surface area contributed by atoms with Gasteiger partial charge in [-0.1, -0.05) is 12.2 Å². The molecule has 0 unspecified atom stereocenters. The molecular formula is C7H12N2O. The minimum Gasteiger partial charge on any atom is -0.341 e. The van der Waals surface area contributed by atoms with Gasteiger partial charge in [0.1, 0.15) is 0 Å². The fraction of sp³-hybridized carbons (Fsp3) is 0.571. The van der Waals surface area contributed by atoms with Crippen LogP contribution >= 0.6 is 0 Å². The van der Waals surface area contributed by atoms with Crippen molar-refractivity contribution in [3.63, 3.8) is 0 Å². The molecule has 2 amide bonds. The van der Waals surface area contributed by atoms with Crippen LogP contribution in [0.25, 0.3) is 0 Å². The van der Waals surface area contributed by atoms with Crippen LogP contribution in [0.5, 0.6) is 0 Å². The topological polar surface area (TPSA) is 32.3 Å². The molecule has 0 bridgehead atoms. The third-order valence-electron chi connectivity index (χ3n) is 1.65. The molecule has 0 spiro atoms. The maximum Gasteiger partial charge on any atom is 0.317 e. The zero-order valence-corrected chi connectivity index (χ0v) is 6.18. The van der Waals surface area contributed by atoms with Crippen molar-refractivity contribution in [2.45, 2.75) is 6.42 Å². The van der Waals surface area contributed by atoms with Gasteiger partial charge in [0, 0.05) is 20.1 Å². The molecule has 0 aromatic heterocycles. The predicted molar refractivity (Wildman–Crippen MR) is 39.8 cm³/mol. The lowest BCUT2D eigenvalue weighted by atomic mass is 10.3. The Labute approximate surface area is 60.7 Å². The van der Waals surface area contributed by atoms with Crippen molar-refractivity contribution in [3.05, 3.63) is 12.2 Å². The first-order chi connectivity index (χ1) is 4.74. The molecule has 10 heavy (non-hydrogen) atoms. The van der Waals surface area contributed by atoms with E-state index in [1.807, 2.05) is 0 Å². The number of likely N-dealkylation sites (tertiary alicyclic amines) is 1. The first kappa shape index (κ1) is 7.12. The molecule has 56 valence electrons. The number of carbonyl (C=O) groups is 1. The molecule has 0 aliphatic carbocycles. The van der Waals surface area contributed by atoms with Crippen molar-refractivity contribution in [1.29, 1.82) is 0 Å². The van der Waals surface area contributed by atoms with Crippen molar-refractivity contribution in [2.75, 3.05) is 20.1 Å². The van der Waals surface area contributed by atoms with Crippen molar-refractivity contribution in [1.82, 2.24) is 10.2 Å². The average Bonchev–Trinajstić information content (AvgIpc) is 2.34. The Bertz CT molecular complexity index is 165. The number of nitrogens with one attached hydrogen (secondary N) is 1. The highest BCUT2D eigenvalue weighted by atomic mass is 16.2. The van der Waals surface area contributed by atoms with Crippen molar-refractivity contribution in [3.8, 4) is 0 Å². The van der Waals surface area contributed by atoms with Crippen LogP contribution < -0.4 is 5.32 Å². The number of hydrogen-bond acceptors (Lipinski definition) is 1.